The lowest BCUT2D eigenvalue weighted by Crippen LogP contribution is -2.34. The number of likely N-dealkylation sites (tertiary alicyclic amines) is 1. The van der Waals surface area contributed by atoms with E-state index in [0.717, 1.165) is 18.7 Å². The number of anilines is 1. The zero-order valence-electron chi connectivity index (χ0n) is 11.0. The number of hydrogen-bond acceptors (Lipinski definition) is 2. The van der Waals surface area contributed by atoms with Crippen LogP contribution in [0.15, 0.2) is 18.2 Å². The van der Waals surface area contributed by atoms with Gasteiger partial charge in [0.15, 0.2) is 0 Å². The number of carbonyl (C=O) groups is 1. The van der Waals surface area contributed by atoms with Crippen molar-refractivity contribution in [3.8, 4) is 0 Å². The lowest BCUT2D eigenvalue weighted by molar-refractivity contribution is 0.0745. The molecule has 0 spiro atoms. The van der Waals surface area contributed by atoms with E-state index >= 15 is 0 Å². The zero-order chi connectivity index (χ0) is 13.3. The standard InChI is InChI=1S/C14H19ClN2O/c1-9-6-10(2)17(8-9)14(18)12-7-11(15)4-5-13(12)16-3/h4-5,7,9-10,16H,6,8H2,1-3H3. The van der Waals surface area contributed by atoms with E-state index in [9.17, 15) is 4.79 Å². The number of benzene rings is 1. The Bertz CT molecular complexity index is 461. The summed E-state index contributed by atoms with van der Waals surface area (Å²) in [6, 6.07) is 5.68. The minimum Gasteiger partial charge on any atom is -0.387 e. The third-order valence-corrected chi connectivity index (χ3v) is 3.76. The number of nitrogens with one attached hydrogen (secondary N) is 1. The Kier molecular flexibility index (Phi) is 3.81. The Morgan fingerprint density at radius 3 is 2.72 bits per heavy atom. The molecular formula is C14H19ClN2O. The summed E-state index contributed by atoms with van der Waals surface area (Å²) in [7, 11) is 1.82. The average molecular weight is 267 g/mol. The summed E-state index contributed by atoms with van der Waals surface area (Å²) in [6.07, 6.45) is 1.07. The molecule has 2 unspecified atom stereocenters. The second-order valence-electron chi connectivity index (χ2n) is 5.09. The molecule has 4 heteroatoms. The highest BCUT2D eigenvalue weighted by molar-refractivity contribution is 6.31. The molecule has 1 aromatic carbocycles. The fourth-order valence-corrected chi connectivity index (χ4v) is 2.82. The van der Waals surface area contributed by atoms with E-state index < -0.39 is 0 Å². The number of amides is 1. The van der Waals surface area contributed by atoms with Crippen LogP contribution in [0.4, 0.5) is 5.69 Å². The Balaban J connectivity index is 2.31. The van der Waals surface area contributed by atoms with Gasteiger partial charge in [0.1, 0.15) is 0 Å². The number of nitrogens with zero attached hydrogens (tertiary/aromatic N) is 1. The monoisotopic (exact) mass is 266 g/mol. The smallest absolute Gasteiger partial charge is 0.256 e. The molecule has 2 atom stereocenters. The number of hydrogen-bond donors (Lipinski definition) is 1. The molecule has 0 saturated carbocycles. The summed E-state index contributed by atoms with van der Waals surface area (Å²) in [4.78, 5) is 14.5. The van der Waals surface area contributed by atoms with Gasteiger partial charge in [-0.15, -0.1) is 0 Å². The molecule has 18 heavy (non-hydrogen) atoms. The van der Waals surface area contributed by atoms with Gasteiger partial charge in [-0.25, -0.2) is 0 Å². The van der Waals surface area contributed by atoms with Crippen molar-refractivity contribution in [2.45, 2.75) is 26.3 Å². The number of carbonyl (C=O) groups excluding carboxylic acids is 1. The van der Waals surface area contributed by atoms with E-state index in [4.69, 9.17) is 11.6 Å². The minimum atomic E-state index is 0.0682. The lowest BCUT2D eigenvalue weighted by Gasteiger charge is -2.23. The predicted octanol–water partition coefficient (Wildman–Crippen LogP) is 3.25. The summed E-state index contributed by atoms with van der Waals surface area (Å²) in [5.41, 5.74) is 1.49. The van der Waals surface area contributed by atoms with Crippen molar-refractivity contribution in [2.75, 3.05) is 18.9 Å². The Morgan fingerprint density at radius 2 is 2.17 bits per heavy atom. The highest BCUT2D eigenvalue weighted by Crippen LogP contribution is 2.28. The minimum absolute atomic E-state index is 0.0682. The molecule has 1 saturated heterocycles. The molecule has 0 aliphatic carbocycles. The van der Waals surface area contributed by atoms with E-state index in [1.807, 2.05) is 18.0 Å². The first-order chi connectivity index (χ1) is 8.52. The van der Waals surface area contributed by atoms with Crippen molar-refractivity contribution >= 4 is 23.2 Å². The van der Waals surface area contributed by atoms with Crippen LogP contribution in [-0.4, -0.2) is 30.4 Å². The molecule has 3 nitrogen and oxygen atoms in total. The van der Waals surface area contributed by atoms with Crippen LogP contribution < -0.4 is 5.32 Å². The van der Waals surface area contributed by atoms with Gasteiger partial charge in [-0.1, -0.05) is 18.5 Å². The van der Waals surface area contributed by atoms with Crippen LogP contribution in [0.2, 0.25) is 5.02 Å². The summed E-state index contributed by atoms with van der Waals surface area (Å²) < 4.78 is 0. The van der Waals surface area contributed by atoms with Gasteiger partial charge in [0, 0.05) is 30.3 Å². The topological polar surface area (TPSA) is 32.3 Å². The first kappa shape index (κ1) is 13.2. The van der Waals surface area contributed by atoms with E-state index in [1.54, 1.807) is 12.1 Å². The molecule has 1 fully saturated rings. The summed E-state index contributed by atoms with van der Waals surface area (Å²) in [6.45, 7) is 5.11. The molecule has 1 aromatic rings. The van der Waals surface area contributed by atoms with Crippen molar-refractivity contribution in [1.82, 2.24) is 4.90 Å². The Morgan fingerprint density at radius 1 is 1.44 bits per heavy atom. The molecule has 0 bridgehead atoms. The second-order valence-corrected chi connectivity index (χ2v) is 5.52. The van der Waals surface area contributed by atoms with Gasteiger partial charge in [-0.3, -0.25) is 4.79 Å². The average Bonchev–Trinajstić information content (AvgIpc) is 2.67. The maximum absolute atomic E-state index is 12.6. The van der Waals surface area contributed by atoms with Crippen LogP contribution in [0, 0.1) is 5.92 Å². The lowest BCUT2D eigenvalue weighted by atomic mass is 10.1. The van der Waals surface area contributed by atoms with Crippen molar-refractivity contribution < 1.29 is 4.79 Å². The van der Waals surface area contributed by atoms with Gasteiger partial charge in [-0.05, 0) is 37.5 Å². The summed E-state index contributed by atoms with van der Waals surface area (Å²) >= 11 is 5.99. The molecule has 98 valence electrons. The second kappa shape index (κ2) is 5.19. The fourth-order valence-electron chi connectivity index (χ4n) is 2.65. The first-order valence-electron chi connectivity index (χ1n) is 6.31. The van der Waals surface area contributed by atoms with Crippen LogP contribution in [-0.2, 0) is 0 Å². The van der Waals surface area contributed by atoms with Crippen molar-refractivity contribution in [3.05, 3.63) is 28.8 Å². The van der Waals surface area contributed by atoms with Crippen molar-refractivity contribution in [3.63, 3.8) is 0 Å². The van der Waals surface area contributed by atoms with Crippen molar-refractivity contribution in [1.29, 1.82) is 0 Å². The highest BCUT2D eigenvalue weighted by Gasteiger charge is 2.31. The van der Waals surface area contributed by atoms with Gasteiger partial charge in [0.05, 0.1) is 5.56 Å². The molecule has 1 aliphatic heterocycles. The number of rotatable bonds is 2. The Hall–Kier alpha value is -1.22. The van der Waals surface area contributed by atoms with E-state index in [-0.39, 0.29) is 5.91 Å². The maximum Gasteiger partial charge on any atom is 0.256 e. The third kappa shape index (κ3) is 2.46. The van der Waals surface area contributed by atoms with Gasteiger partial charge < -0.3 is 10.2 Å². The van der Waals surface area contributed by atoms with Gasteiger partial charge in [0.2, 0.25) is 0 Å². The molecule has 1 N–H and O–H groups in total. The Labute approximate surface area is 113 Å². The van der Waals surface area contributed by atoms with Crippen molar-refractivity contribution in [2.24, 2.45) is 5.92 Å². The molecule has 1 amide bonds. The summed E-state index contributed by atoms with van der Waals surface area (Å²) in [5, 5.41) is 3.64. The van der Waals surface area contributed by atoms with Gasteiger partial charge in [0.25, 0.3) is 5.91 Å². The quantitative estimate of drug-likeness (QED) is 0.891. The van der Waals surface area contributed by atoms with Crippen LogP contribution in [0.25, 0.3) is 0 Å². The van der Waals surface area contributed by atoms with Gasteiger partial charge in [-0.2, -0.15) is 0 Å². The maximum atomic E-state index is 12.6. The molecule has 1 heterocycles. The SMILES string of the molecule is CNc1ccc(Cl)cc1C(=O)N1CC(C)CC1C. The zero-order valence-corrected chi connectivity index (χ0v) is 11.8. The molecule has 2 rings (SSSR count). The van der Waals surface area contributed by atoms with Crippen LogP contribution in [0.1, 0.15) is 30.6 Å². The van der Waals surface area contributed by atoms with Gasteiger partial charge >= 0.3 is 0 Å². The highest BCUT2D eigenvalue weighted by atomic mass is 35.5. The van der Waals surface area contributed by atoms with E-state index in [2.05, 4.69) is 19.2 Å². The van der Waals surface area contributed by atoms with Crippen LogP contribution >= 0.6 is 11.6 Å². The third-order valence-electron chi connectivity index (χ3n) is 3.53. The largest absolute Gasteiger partial charge is 0.387 e. The molecule has 1 aliphatic rings. The number of halogens is 1. The molecular weight excluding hydrogens is 248 g/mol. The summed E-state index contributed by atoms with van der Waals surface area (Å²) in [5.74, 6) is 0.639. The van der Waals surface area contributed by atoms with E-state index in [1.165, 1.54) is 0 Å². The van der Waals surface area contributed by atoms with Crippen LogP contribution in [0.5, 0.6) is 0 Å². The van der Waals surface area contributed by atoms with Crippen LogP contribution in [0.3, 0.4) is 0 Å². The molecule has 0 aromatic heterocycles. The normalized spacial score (nSPS) is 23.2. The first-order valence-corrected chi connectivity index (χ1v) is 6.69. The van der Waals surface area contributed by atoms with E-state index in [0.29, 0.717) is 22.5 Å². The predicted molar refractivity (Wildman–Crippen MR) is 75.3 cm³/mol. The molecule has 0 radical (unpaired) electrons. The fraction of sp³-hybridized carbons (Fsp3) is 0.500.